The van der Waals surface area contributed by atoms with Gasteiger partial charge in [0.25, 0.3) is 0 Å². The van der Waals surface area contributed by atoms with E-state index in [0.717, 1.165) is 0 Å². The molecule has 402 valence electrons. The maximum absolute atomic E-state index is 15.9. The number of hydrogen-bond acceptors (Lipinski definition) is 6. The van der Waals surface area contributed by atoms with Crippen LogP contribution in [-0.2, 0) is 57.0 Å². The molecule has 3 atom stereocenters. The van der Waals surface area contributed by atoms with Gasteiger partial charge >= 0.3 is 44.4 Å². The van der Waals surface area contributed by atoms with Gasteiger partial charge in [-0.05, 0) is 82.1 Å². The van der Waals surface area contributed by atoms with E-state index in [1.165, 1.54) is 27.7 Å². The first-order valence-corrected chi connectivity index (χ1v) is 22.3. The Bertz CT molecular complexity index is 2020. The van der Waals surface area contributed by atoms with E-state index < -0.39 is 148 Å². The van der Waals surface area contributed by atoms with Crippen LogP contribution in [0.5, 0.6) is 17.2 Å². The van der Waals surface area contributed by atoms with Crippen molar-refractivity contribution in [3.8, 4) is 17.2 Å². The van der Waals surface area contributed by atoms with Crippen molar-refractivity contribution in [2.24, 2.45) is 0 Å². The second-order valence-corrected chi connectivity index (χ2v) is 15.9. The molecule has 0 N–H and O–H groups in total. The molecule has 0 amide bonds. The fourth-order valence-corrected chi connectivity index (χ4v) is 8.56. The van der Waals surface area contributed by atoms with Crippen molar-refractivity contribution in [2.75, 3.05) is 26.4 Å². The lowest BCUT2D eigenvalue weighted by atomic mass is 9.85. The van der Waals surface area contributed by atoms with E-state index in [4.69, 9.17) is 28.2 Å². The van der Waals surface area contributed by atoms with Crippen molar-refractivity contribution in [1.29, 1.82) is 0 Å². The minimum atomic E-state index is -5.85. The van der Waals surface area contributed by atoms with Crippen molar-refractivity contribution in [3.05, 3.63) is 87.5 Å². The normalized spacial score (nSPS) is 15.7. The molecule has 0 radical (unpaired) electrons. The number of halogens is 18. The van der Waals surface area contributed by atoms with Crippen LogP contribution in [0.4, 0.5) is 79.0 Å². The maximum atomic E-state index is 15.9. The lowest BCUT2D eigenvalue weighted by molar-refractivity contribution is -1.08. The molecule has 0 saturated carbocycles. The third-order valence-corrected chi connectivity index (χ3v) is 11.3. The molecule has 3 aromatic carbocycles. The van der Waals surface area contributed by atoms with Crippen molar-refractivity contribution >= 4 is 7.32 Å². The zero-order chi connectivity index (χ0) is 54.2. The number of quaternary nitrogens is 1. The van der Waals surface area contributed by atoms with E-state index >= 15 is 13.2 Å². The van der Waals surface area contributed by atoms with E-state index in [2.05, 4.69) is 0 Å². The van der Waals surface area contributed by atoms with Gasteiger partial charge in [-0.15, -0.1) is 0 Å². The standard InChI is InChI=1S/C45H53BF18NO6/c1-8-15-16-17-18-65(36(9-2)66-12-5,37(10-3)67-13-6)39(11-4,68-14-7)38-34(45(62,63)64)25-31(44(59,60)61)26-35(38)71-46(69-32-21-27(40(47,48)49)19-28(22-32)41(50,51)52)70-33-23-29(42(53,54)55)20-30(24-33)43(56,57)58/h19-26,36-37H,8-18H2,1-7H3/q+1. The van der Waals surface area contributed by atoms with Crippen LogP contribution in [0.15, 0.2) is 48.5 Å². The number of ether oxygens (including phenoxy) is 3. The molecule has 3 aromatic rings. The predicted molar refractivity (Wildman–Crippen MR) is 221 cm³/mol. The summed E-state index contributed by atoms with van der Waals surface area (Å²) in [5.41, 5.74) is -16.9. The van der Waals surface area contributed by atoms with Gasteiger partial charge in [-0.1, -0.05) is 40.5 Å². The highest BCUT2D eigenvalue weighted by molar-refractivity contribution is 6.39. The highest BCUT2D eigenvalue weighted by atomic mass is 19.4. The van der Waals surface area contributed by atoms with Crippen LogP contribution in [0, 0.1) is 0 Å². The van der Waals surface area contributed by atoms with Crippen LogP contribution in [0.3, 0.4) is 0 Å². The fraction of sp³-hybridized carbons (Fsp3) is 0.600. The molecule has 0 spiro atoms. The maximum Gasteiger partial charge on any atom is 0.864 e. The van der Waals surface area contributed by atoms with Crippen molar-refractivity contribution in [2.45, 2.75) is 149 Å². The summed E-state index contributed by atoms with van der Waals surface area (Å²) >= 11 is 0. The highest BCUT2D eigenvalue weighted by Gasteiger charge is 2.64. The van der Waals surface area contributed by atoms with Crippen LogP contribution in [0.25, 0.3) is 0 Å². The van der Waals surface area contributed by atoms with Crippen LogP contribution in [0.1, 0.15) is 132 Å². The van der Waals surface area contributed by atoms with Gasteiger partial charge in [-0.3, -0.25) is 0 Å². The topological polar surface area (TPSA) is 55.4 Å². The number of benzene rings is 3. The lowest BCUT2D eigenvalue weighted by Crippen LogP contribution is -2.74. The van der Waals surface area contributed by atoms with Gasteiger partial charge in [0, 0.05) is 19.3 Å². The molecule has 0 fully saturated rings. The Labute approximate surface area is 398 Å². The van der Waals surface area contributed by atoms with Crippen LogP contribution in [0.2, 0.25) is 0 Å². The highest BCUT2D eigenvalue weighted by Crippen LogP contribution is 2.55. The Morgan fingerprint density at radius 3 is 1.15 bits per heavy atom. The van der Waals surface area contributed by atoms with E-state index in [-0.39, 0.29) is 75.4 Å². The quantitative estimate of drug-likeness (QED) is 0.0293. The fourth-order valence-electron chi connectivity index (χ4n) is 8.56. The van der Waals surface area contributed by atoms with Crippen molar-refractivity contribution in [1.82, 2.24) is 0 Å². The Balaban J connectivity index is 2.79. The van der Waals surface area contributed by atoms with Crippen LogP contribution in [-0.4, -0.2) is 50.6 Å². The SMILES string of the molecule is CCCCCC[N+](C(CC)OCC)(C(CC)OCC)C(CC)(OCC)c1c(OB(Oc2cc(C(F)(F)F)cc(C(F)(F)F)c2)Oc2cc(C(F)(F)F)cc(C(F)(F)F)c2)cc(C(F)(F)F)cc1C(F)(F)F. The van der Waals surface area contributed by atoms with Gasteiger partial charge in [0.05, 0.1) is 65.3 Å². The summed E-state index contributed by atoms with van der Waals surface area (Å²) in [6, 6.07) is -1.94. The van der Waals surface area contributed by atoms with Gasteiger partial charge < -0.3 is 28.2 Å². The summed E-state index contributed by atoms with van der Waals surface area (Å²) in [6.07, 6.45) is -35.7. The Kier molecular flexibility index (Phi) is 20.4. The smallest absolute Gasteiger partial charge is 0.490 e. The molecule has 0 aliphatic carbocycles. The average molecular weight is 1060 g/mol. The molecule has 0 aromatic heterocycles. The molecule has 0 aliphatic heterocycles. The summed E-state index contributed by atoms with van der Waals surface area (Å²) < 4.78 is 296. The van der Waals surface area contributed by atoms with Gasteiger partial charge in [0.2, 0.25) is 5.72 Å². The minimum Gasteiger partial charge on any atom is -0.490 e. The van der Waals surface area contributed by atoms with E-state index in [1.54, 1.807) is 13.8 Å². The molecule has 3 unspecified atom stereocenters. The number of unbranched alkanes of at least 4 members (excludes halogenated alkanes) is 3. The van der Waals surface area contributed by atoms with Crippen molar-refractivity contribution < 1.29 is 112 Å². The van der Waals surface area contributed by atoms with Crippen LogP contribution >= 0.6 is 0 Å². The number of rotatable bonds is 24. The Morgan fingerprint density at radius 1 is 0.451 bits per heavy atom. The summed E-state index contributed by atoms with van der Waals surface area (Å²) in [7, 11) is -3.42. The van der Waals surface area contributed by atoms with E-state index in [9.17, 15) is 65.9 Å². The first kappa shape index (κ1) is 61.0. The lowest BCUT2D eigenvalue weighted by Gasteiger charge is -2.59. The molecule has 0 heterocycles. The minimum absolute atomic E-state index is 0.0544. The Hall–Kier alpha value is -4.30. The zero-order valence-electron chi connectivity index (χ0n) is 39.3. The van der Waals surface area contributed by atoms with Gasteiger partial charge in [0.1, 0.15) is 17.2 Å². The molecule has 7 nitrogen and oxygen atoms in total. The van der Waals surface area contributed by atoms with E-state index in [0.29, 0.717) is 19.3 Å². The molecule has 0 saturated heterocycles. The first-order chi connectivity index (χ1) is 32.6. The third kappa shape index (κ3) is 14.7. The number of nitrogens with zero attached hydrogens (tertiary/aromatic N) is 1. The second kappa shape index (κ2) is 23.7. The molecule has 26 heteroatoms. The number of hydrogen-bond donors (Lipinski definition) is 0. The van der Waals surface area contributed by atoms with Gasteiger partial charge in [0.15, 0.2) is 12.5 Å². The molecular formula is C45H53BF18NO6+. The van der Waals surface area contributed by atoms with E-state index in [1.807, 2.05) is 6.92 Å². The second-order valence-electron chi connectivity index (χ2n) is 15.9. The number of alkyl halides is 18. The zero-order valence-corrected chi connectivity index (χ0v) is 39.3. The molecule has 0 bridgehead atoms. The Morgan fingerprint density at radius 2 is 0.845 bits per heavy atom. The van der Waals surface area contributed by atoms with Gasteiger partial charge in [-0.25, -0.2) is 4.48 Å². The first-order valence-electron chi connectivity index (χ1n) is 22.3. The summed E-state index contributed by atoms with van der Waals surface area (Å²) in [4.78, 5) is 0. The predicted octanol–water partition coefficient (Wildman–Crippen LogP) is 15.9. The summed E-state index contributed by atoms with van der Waals surface area (Å²) in [5, 5.41) is 0. The molecule has 0 aliphatic rings. The van der Waals surface area contributed by atoms with Crippen molar-refractivity contribution in [3.63, 3.8) is 0 Å². The monoisotopic (exact) mass is 1060 g/mol. The molecule has 3 rings (SSSR count). The third-order valence-electron chi connectivity index (χ3n) is 11.3. The average Bonchev–Trinajstić information content (AvgIpc) is 3.25. The molecule has 71 heavy (non-hydrogen) atoms. The van der Waals surface area contributed by atoms with Gasteiger partial charge in [-0.2, -0.15) is 79.0 Å². The summed E-state index contributed by atoms with van der Waals surface area (Å²) in [6.45, 7) is 9.65. The molecular weight excluding hydrogens is 1000 g/mol. The summed E-state index contributed by atoms with van der Waals surface area (Å²) in [5.74, 6) is -4.92. The largest absolute Gasteiger partial charge is 0.864 e. The van der Waals surface area contributed by atoms with Crippen LogP contribution < -0.4 is 14.0 Å².